The van der Waals surface area contributed by atoms with E-state index in [9.17, 15) is 18.0 Å². The number of halogens is 1. The van der Waals surface area contributed by atoms with Crippen molar-refractivity contribution in [3.8, 4) is 0 Å². The van der Waals surface area contributed by atoms with Gasteiger partial charge in [0.2, 0.25) is 21.8 Å². The van der Waals surface area contributed by atoms with E-state index < -0.39 is 28.5 Å². The Hall–Kier alpha value is -2.42. The molecule has 0 saturated heterocycles. The van der Waals surface area contributed by atoms with Crippen molar-refractivity contribution in [3.63, 3.8) is 0 Å². The number of aryl methyl sites for hydroxylation is 1. The maximum absolute atomic E-state index is 13.2. The Labute approximate surface area is 195 Å². The second-order valence-electron chi connectivity index (χ2n) is 8.06. The van der Waals surface area contributed by atoms with Crippen LogP contribution in [-0.2, 0) is 26.2 Å². The number of sulfonamides is 1. The lowest BCUT2D eigenvalue weighted by molar-refractivity contribution is -0.140. The Bertz CT molecular complexity index is 1040. The summed E-state index contributed by atoms with van der Waals surface area (Å²) in [6.45, 7) is 7.04. The van der Waals surface area contributed by atoms with Gasteiger partial charge in [-0.25, -0.2) is 8.42 Å². The number of likely N-dealkylation sites (N-methyl/N-ethyl adjacent to an activating group) is 1. The number of carbonyl (C=O) groups excluding carboxylic acids is 2. The van der Waals surface area contributed by atoms with E-state index in [1.54, 1.807) is 6.92 Å². The molecule has 0 aliphatic carbocycles. The molecular formula is C23H30ClN3O4S. The summed E-state index contributed by atoms with van der Waals surface area (Å²) in [5, 5.41) is 3.22. The molecule has 2 aromatic rings. The van der Waals surface area contributed by atoms with Gasteiger partial charge in [0, 0.05) is 24.7 Å². The molecule has 1 unspecified atom stereocenters. The highest BCUT2D eigenvalue weighted by Gasteiger charge is 2.30. The molecule has 1 N–H and O–H groups in total. The first-order chi connectivity index (χ1) is 14.9. The molecule has 2 aromatic carbocycles. The van der Waals surface area contributed by atoms with E-state index in [0.29, 0.717) is 5.02 Å². The fourth-order valence-electron chi connectivity index (χ4n) is 3.03. The van der Waals surface area contributed by atoms with Gasteiger partial charge in [0.25, 0.3) is 0 Å². The number of amides is 2. The van der Waals surface area contributed by atoms with Gasteiger partial charge >= 0.3 is 0 Å². The molecule has 0 bridgehead atoms. The molecule has 0 radical (unpaired) electrons. The molecule has 0 aliphatic rings. The van der Waals surface area contributed by atoms with E-state index in [1.165, 1.54) is 36.2 Å². The van der Waals surface area contributed by atoms with Crippen LogP contribution in [0.1, 0.15) is 31.9 Å². The summed E-state index contributed by atoms with van der Waals surface area (Å²) < 4.78 is 26.7. The fourth-order valence-corrected chi connectivity index (χ4v) is 4.28. The highest BCUT2D eigenvalue weighted by molar-refractivity contribution is 7.89. The zero-order chi connectivity index (χ0) is 24.1. The standard InChI is InChI=1S/C23H30ClN3O4S/c1-16(2)25-23(29)18(4)27(14-19-8-6-17(3)7-9-19)22(28)15-26(5)32(30,31)21-12-10-20(24)11-13-21/h6-13,16,18H,14-15H2,1-5H3,(H,25,29). The zero-order valence-electron chi connectivity index (χ0n) is 19.0. The molecule has 0 saturated carbocycles. The lowest BCUT2D eigenvalue weighted by Crippen LogP contribution is -2.51. The fraction of sp³-hybridized carbons (Fsp3) is 0.391. The summed E-state index contributed by atoms with van der Waals surface area (Å²) in [6.07, 6.45) is 0. The molecule has 0 aromatic heterocycles. The van der Waals surface area contributed by atoms with Crippen LogP contribution in [0.4, 0.5) is 0 Å². The first-order valence-electron chi connectivity index (χ1n) is 10.3. The third-order valence-corrected chi connectivity index (χ3v) is 7.02. The second kappa shape index (κ2) is 10.9. The van der Waals surface area contributed by atoms with Gasteiger partial charge < -0.3 is 10.2 Å². The molecule has 174 valence electrons. The summed E-state index contributed by atoms with van der Waals surface area (Å²) in [4.78, 5) is 27.3. The van der Waals surface area contributed by atoms with Gasteiger partial charge in [-0.05, 0) is 57.5 Å². The largest absolute Gasteiger partial charge is 0.352 e. The molecule has 2 rings (SSSR count). The van der Waals surface area contributed by atoms with Crippen molar-refractivity contribution in [2.45, 2.75) is 51.2 Å². The number of rotatable bonds is 9. The third kappa shape index (κ3) is 6.79. The van der Waals surface area contributed by atoms with E-state index in [1.807, 2.05) is 45.0 Å². The Morgan fingerprint density at radius 2 is 1.56 bits per heavy atom. The van der Waals surface area contributed by atoms with Crippen LogP contribution in [0.5, 0.6) is 0 Å². The molecule has 0 aliphatic heterocycles. The second-order valence-corrected chi connectivity index (χ2v) is 10.5. The average molecular weight is 480 g/mol. The molecule has 7 nitrogen and oxygen atoms in total. The minimum atomic E-state index is -3.90. The van der Waals surface area contributed by atoms with Crippen LogP contribution in [0.15, 0.2) is 53.4 Å². The lowest BCUT2D eigenvalue weighted by atomic mass is 10.1. The van der Waals surface area contributed by atoms with Gasteiger partial charge in [-0.15, -0.1) is 0 Å². The van der Waals surface area contributed by atoms with Crippen LogP contribution < -0.4 is 5.32 Å². The summed E-state index contributed by atoms with van der Waals surface area (Å²) in [7, 11) is -2.56. The Kier molecular flexibility index (Phi) is 8.83. The number of nitrogens with zero attached hydrogens (tertiary/aromatic N) is 2. The van der Waals surface area contributed by atoms with Crippen molar-refractivity contribution in [1.29, 1.82) is 0 Å². The van der Waals surface area contributed by atoms with Gasteiger partial charge in [0.1, 0.15) is 6.04 Å². The third-order valence-electron chi connectivity index (χ3n) is 4.95. The molecule has 2 amide bonds. The van der Waals surface area contributed by atoms with Gasteiger partial charge in [-0.3, -0.25) is 9.59 Å². The molecular weight excluding hydrogens is 450 g/mol. The molecule has 9 heteroatoms. The van der Waals surface area contributed by atoms with Crippen LogP contribution in [0.2, 0.25) is 5.02 Å². The van der Waals surface area contributed by atoms with Crippen LogP contribution in [0.25, 0.3) is 0 Å². The predicted molar refractivity (Wildman–Crippen MR) is 126 cm³/mol. The smallest absolute Gasteiger partial charge is 0.243 e. The van der Waals surface area contributed by atoms with E-state index >= 15 is 0 Å². The minimum absolute atomic E-state index is 0.0351. The van der Waals surface area contributed by atoms with Crippen LogP contribution in [0, 0.1) is 6.92 Å². The van der Waals surface area contributed by atoms with Crippen molar-refractivity contribution in [2.75, 3.05) is 13.6 Å². The van der Waals surface area contributed by atoms with Gasteiger partial charge in [-0.1, -0.05) is 41.4 Å². The van der Waals surface area contributed by atoms with Crippen molar-refractivity contribution in [1.82, 2.24) is 14.5 Å². The van der Waals surface area contributed by atoms with Crippen LogP contribution >= 0.6 is 11.6 Å². The summed E-state index contributed by atoms with van der Waals surface area (Å²) in [6, 6.07) is 12.5. The Morgan fingerprint density at radius 3 is 2.09 bits per heavy atom. The zero-order valence-corrected chi connectivity index (χ0v) is 20.6. The molecule has 0 spiro atoms. The van der Waals surface area contributed by atoms with E-state index in [-0.39, 0.29) is 23.4 Å². The monoisotopic (exact) mass is 479 g/mol. The number of benzene rings is 2. The highest BCUT2D eigenvalue weighted by atomic mass is 35.5. The molecule has 0 heterocycles. The topological polar surface area (TPSA) is 86.8 Å². The Balaban J connectivity index is 2.26. The number of nitrogens with one attached hydrogen (secondary N) is 1. The van der Waals surface area contributed by atoms with Gasteiger partial charge in [0.05, 0.1) is 11.4 Å². The van der Waals surface area contributed by atoms with Crippen molar-refractivity contribution >= 4 is 33.4 Å². The van der Waals surface area contributed by atoms with Crippen LogP contribution in [0.3, 0.4) is 0 Å². The number of carbonyl (C=O) groups is 2. The average Bonchev–Trinajstić information content (AvgIpc) is 2.72. The molecule has 0 fully saturated rings. The van der Waals surface area contributed by atoms with Gasteiger partial charge in [0.15, 0.2) is 0 Å². The normalized spacial score (nSPS) is 12.6. The number of hydrogen-bond donors (Lipinski definition) is 1. The SMILES string of the molecule is Cc1ccc(CN(C(=O)CN(C)S(=O)(=O)c2ccc(Cl)cc2)C(C)C(=O)NC(C)C)cc1. The summed E-state index contributed by atoms with van der Waals surface area (Å²) in [5.74, 6) is -0.777. The van der Waals surface area contributed by atoms with Crippen molar-refractivity contribution in [3.05, 3.63) is 64.7 Å². The van der Waals surface area contributed by atoms with Crippen molar-refractivity contribution < 1.29 is 18.0 Å². The molecule has 1 atom stereocenters. The van der Waals surface area contributed by atoms with E-state index in [4.69, 9.17) is 11.6 Å². The van der Waals surface area contributed by atoms with Crippen molar-refractivity contribution in [2.24, 2.45) is 0 Å². The maximum Gasteiger partial charge on any atom is 0.243 e. The number of hydrogen-bond acceptors (Lipinski definition) is 4. The van der Waals surface area contributed by atoms with Gasteiger partial charge in [-0.2, -0.15) is 4.31 Å². The first kappa shape index (κ1) is 25.8. The van der Waals surface area contributed by atoms with E-state index in [0.717, 1.165) is 15.4 Å². The summed E-state index contributed by atoms with van der Waals surface area (Å²) in [5.41, 5.74) is 1.92. The van der Waals surface area contributed by atoms with Crippen LogP contribution in [-0.4, -0.2) is 55.1 Å². The Morgan fingerprint density at radius 1 is 1.00 bits per heavy atom. The summed E-state index contributed by atoms with van der Waals surface area (Å²) >= 11 is 5.85. The maximum atomic E-state index is 13.2. The first-order valence-corrected chi connectivity index (χ1v) is 12.1. The molecule has 32 heavy (non-hydrogen) atoms. The highest BCUT2D eigenvalue weighted by Crippen LogP contribution is 2.18. The predicted octanol–water partition coefficient (Wildman–Crippen LogP) is 3.21. The minimum Gasteiger partial charge on any atom is -0.352 e. The van der Waals surface area contributed by atoms with E-state index in [2.05, 4.69) is 5.32 Å². The lowest BCUT2D eigenvalue weighted by Gasteiger charge is -2.30. The quantitative estimate of drug-likeness (QED) is 0.598.